The minimum Gasteiger partial charge on any atom is -0.508 e. The van der Waals surface area contributed by atoms with E-state index in [9.17, 15) is 15.2 Å². The summed E-state index contributed by atoms with van der Waals surface area (Å²) in [6.07, 6.45) is 1.67. The van der Waals surface area contributed by atoms with Gasteiger partial charge in [-0.1, -0.05) is 24.8 Å². The smallest absolute Gasteiger partial charge is 0.157 e. The Morgan fingerprint density at radius 3 is 2.33 bits per heavy atom. The second-order valence-electron chi connectivity index (χ2n) is 6.91. The van der Waals surface area contributed by atoms with Crippen LogP contribution in [0, 0.1) is 32.1 Å². The highest BCUT2D eigenvalue weighted by Gasteiger charge is 2.29. The molecule has 0 aromatic heterocycles. The summed E-state index contributed by atoms with van der Waals surface area (Å²) in [5.74, 6) is -0.350. The van der Waals surface area contributed by atoms with Gasteiger partial charge in [-0.2, -0.15) is 5.26 Å². The number of nitrogens with zero attached hydrogens (tertiary/aromatic N) is 1. The molecule has 1 N–H and O–H groups in total. The standard InChI is InChI=1S/C24H25NO2/c1-7-14(2)22(18(6)26)24(20-10-9-19(13-25)12-16(20)4)23-17(5)15(3)8-11-21(23)27/h7-12,24,27H,1H2,2-6H3/b22-14-/t24-/m1/s1. The SMILES string of the molecule is C=C/C(C)=C(/C(C)=O)[C@@H](c1ccc(C#N)cc1C)c1c(O)ccc(C)c1C. The van der Waals surface area contributed by atoms with Gasteiger partial charge in [-0.3, -0.25) is 4.79 Å². The van der Waals surface area contributed by atoms with Crippen molar-refractivity contribution in [3.63, 3.8) is 0 Å². The van der Waals surface area contributed by atoms with Crippen LogP contribution in [0.15, 0.2) is 54.1 Å². The Bertz CT molecular complexity index is 990. The first-order valence-electron chi connectivity index (χ1n) is 8.86. The van der Waals surface area contributed by atoms with Gasteiger partial charge in [0.2, 0.25) is 0 Å². The Hall–Kier alpha value is -3.12. The molecule has 27 heavy (non-hydrogen) atoms. The number of hydrogen-bond donors (Lipinski definition) is 1. The van der Waals surface area contributed by atoms with Gasteiger partial charge in [0.15, 0.2) is 5.78 Å². The summed E-state index contributed by atoms with van der Waals surface area (Å²) in [4.78, 5) is 12.6. The zero-order chi connectivity index (χ0) is 20.3. The molecule has 3 nitrogen and oxygen atoms in total. The first kappa shape index (κ1) is 20.2. The number of phenols is 1. The predicted molar refractivity (Wildman–Crippen MR) is 109 cm³/mol. The van der Waals surface area contributed by atoms with Gasteiger partial charge in [0.1, 0.15) is 5.75 Å². The van der Waals surface area contributed by atoms with E-state index in [1.54, 1.807) is 18.2 Å². The third kappa shape index (κ3) is 3.85. The van der Waals surface area contributed by atoms with Crippen LogP contribution in [0.5, 0.6) is 5.75 Å². The lowest BCUT2D eigenvalue weighted by atomic mass is 9.76. The topological polar surface area (TPSA) is 61.1 Å². The molecule has 0 aliphatic heterocycles. The molecular weight excluding hydrogens is 334 g/mol. The average molecular weight is 359 g/mol. The van der Waals surface area contributed by atoms with Crippen molar-refractivity contribution in [2.45, 2.75) is 40.5 Å². The van der Waals surface area contributed by atoms with Crippen molar-refractivity contribution >= 4 is 5.78 Å². The molecular formula is C24H25NO2. The van der Waals surface area contributed by atoms with Crippen LogP contribution >= 0.6 is 0 Å². The Kier molecular flexibility index (Phi) is 6.02. The quantitative estimate of drug-likeness (QED) is 0.573. The molecule has 0 unspecified atom stereocenters. The zero-order valence-electron chi connectivity index (χ0n) is 16.6. The van der Waals surface area contributed by atoms with E-state index in [0.29, 0.717) is 16.7 Å². The van der Waals surface area contributed by atoms with Gasteiger partial charge in [0, 0.05) is 17.1 Å². The van der Waals surface area contributed by atoms with E-state index in [-0.39, 0.29) is 11.5 Å². The van der Waals surface area contributed by atoms with E-state index in [1.807, 2.05) is 45.9 Å². The number of rotatable bonds is 5. The Labute approximate surface area is 161 Å². The number of aromatic hydroxyl groups is 1. The fourth-order valence-electron chi connectivity index (χ4n) is 3.53. The predicted octanol–water partition coefficient (Wildman–Crippen LogP) is 5.41. The largest absolute Gasteiger partial charge is 0.508 e. The number of nitriles is 1. The van der Waals surface area contributed by atoms with Crippen LogP contribution in [0.1, 0.15) is 53.1 Å². The fraction of sp³-hybridized carbons (Fsp3) is 0.250. The number of ketones is 1. The van der Waals surface area contributed by atoms with Crippen LogP contribution < -0.4 is 0 Å². The summed E-state index contributed by atoms with van der Waals surface area (Å²) in [6.45, 7) is 13.1. The number of Topliss-reactive ketones (excluding diaryl/α,β-unsaturated/α-hetero) is 1. The molecule has 0 amide bonds. The van der Waals surface area contributed by atoms with Gasteiger partial charge < -0.3 is 5.11 Å². The lowest BCUT2D eigenvalue weighted by Crippen LogP contribution is -2.16. The number of aryl methyl sites for hydroxylation is 2. The summed E-state index contributed by atoms with van der Waals surface area (Å²) < 4.78 is 0. The van der Waals surface area contributed by atoms with E-state index < -0.39 is 5.92 Å². The van der Waals surface area contributed by atoms with Gasteiger partial charge >= 0.3 is 0 Å². The fourth-order valence-corrected chi connectivity index (χ4v) is 3.53. The summed E-state index contributed by atoms with van der Waals surface area (Å²) >= 11 is 0. The summed E-state index contributed by atoms with van der Waals surface area (Å²) in [7, 11) is 0. The van der Waals surface area contributed by atoms with Crippen LogP contribution in [-0.2, 0) is 4.79 Å². The number of benzene rings is 2. The van der Waals surface area contributed by atoms with Crippen LogP contribution in [0.4, 0.5) is 0 Å². The second-order valence-corrected chi connectivity index (χ2v) is 6.91. The molecule has 1 atom stereocenters. The molecule has 2 aromatic carbocycles. The third-order valence-electron chi connectivity index (χ3n) is 5.16. The molecule has 0 aliphatic rings. The summed E-state index contributed by atoms with van der Waals surface area (Å²) in [5.41, 5.74) is 6.43. The van der Waals surface area contributed by atoms with Gasteiger partial charge in [-0.15, -0.1) is 0 Å². The van der Waals surface area contributed by atoms with E-state index in [4.69, 9.17) is 0 Å². The van der Waals surface area contributed by atoms with Crippen molar-refractivity contribution in [1.29, 1.82) is 5.26 Å². The molecule has 2 rings (SSSR count). The number of hydrogen-bond acceptors (Lipinski definition) is 3. The minimum atomic E-state index is -0.437. The van der Waals surface area contributed by atoms with Crippen LogP contribution in [0.2, 0.25) is 0 Å². The highest BCUT2D eigenvalue weighted by atomic mass is 16.3. The van der Waals surface area contributed by atoms with Gasteiger partial charge in [-0.05, 0) is 80.6 Å². The molecule has 3 heteroatoms. The molecule has 138 valence electrons. The molecule has 0 aliphatic carbocycles. The van der Waals surface area contributed by atoms with E-state index >= 15 is 0 Å². The van der Waals surface area contributed by atoms with Crippen molar-refractivity contribution < 1.29 is 9.90 Å². The van der Waals surface area contributed by atoms with Gasteiger partial charge in [-0.25, -0.2) is 0 Å². The number of allylic oxidation sites excluding steroid dienone is 3. The van der Waals surface area contributed by atoms with E-state index in [1.165, 1.54) is 6.92 Å². The Morgan fingerprint density at radius 2 is 1.81 bits per heavy atom. The molecule has 0 heterocycles. The van der Waals surface area contributed by atoms with Gasteiger partial charge in [0.05, 0.1) is 11.6 Å². The lowest BCUT2D eigenvalue weighted by Gasteiger charge is -2.26. The zero-order valence-corrected chi connectivity index (χ0v) is 16.6. The first-order chi connectivity index (χ1) is 12.7. The number of carbonyl (C=O) groups excluding carboxylic acids is 1. The van der Waals surface area contributed by atoms with Crippen molar-refractivity contribution in [1.82, 2.24) is 0 Å². The molecule has 0 bridgehead atoms. The molecule has 0 radical (unpaired) electrons. The maximum Gasteiger partial charge on any atom is 0.157 e. The maximum atomic E-state index is 12.6. The summed E-state index contributed by atoms with van der Waals surface area (Å²) in [6, 6.07) is 11.1. The Balaban J connectivity index is 2.95. The van der Waals surface area contributed by atoms with Crippen LogP contribution in [-0.4, -0.2) is 10.9 Å². The molecule has 0 saturated carbocycles. The monoisotopic (exact) mass is 359 g/mol. The van der Waals surface area contributed by atoms with Crippen molar-refractivity contribution in [3.8, 4) is 11.8 Å². The van der Waals surface area contributed by atoms with Crippen molar-refractivity contribution in [2.75, 3.05) is 0 Å². The molecule has 2 aromatic rings. The van der Waals surface area contributed by atoms with Crippen LogP contribution in [0.3, 0.4) is 0 Å². The molecule has 0 spiro atoms. The van der Waals surface area contributed by atoms with E-state index in [2.05, 4.69) is 12.6 Å². The van der Waals surface area contributed by atoms with E-state index in [0.717, 1.165) is 27.8 Å². The Morgan fingerprint density at radius 1 is 1.15 bits per heavy atom. The number of carbonyl (C=O) groups is 1. The highest BCUT2D eigenvalue weighted by Crippen LogP contribution is 2.42. The van der Waals surface area contributed by atoms with Crippen molar-refractivity contribution in [3.05, 3.63) is 87.5 Å². The minimum absolute atomic E-state index is 0.0681. The van der Waals surface area contributed by atoms with Crippen LogP contribution in [0.25, 0.3) is 0 Å². The summed E-state index contributed by atoms with van der Waals surface area (Å²) in [5, 5.41) is 19.9. The second kappa shape index (κ2) is 8.05. The molecule has 0 saturated heterocycles. The molecule has 0 fully saturated rings. The normalized spacial score (nSPS) is 12.7. The first-order valence-corrected chi connectivity index (χ1v) is 8.86. The van der Waals surface area contributed by atoms with Crippen molar-refractivity contribution in [2.24, 2.45) is 0 Å². The maximum absolute atomic E-state index is 12.6. The highest BCUT2D eigenvalue weighted by molar-refractivity contribution is 5.97. The average Bonchev–Trinajstić information content (AvgIpc) is 2.63. The van der Waals surface area contributed by atoms with Gasteiger partial charge in [0.25, 0.3) is 0 Å². The lowest BCUT2D eigenvalue weighted by molar-refractivity contribution is -0.113. The third-order valence-corrected chi connectivity index (χ3v) is 5.16. The number of phenolic OH excluding ortho intramolecular Hbond substituents is 1.